The Labute approximate surface area is 214 Å². The lowest BCUT2D eigenvalue weighted by molar-refractivity contribution is -0.126. The molecule has 1 aromatic carbocycles. The van der Waals surface area contributed by atoms with Gasteiger partial charge in [-0.1, -0.05) is 49.4 Å². The van der Waals surface area contributed by atoms with Crippen LogP contribution in [0.3, 0.4) is 0 Å². The highest BCUT2D eigenvalue weighted by atomic mass is 16.5. The molecule has 0 spiro atoms. The first kappa shape index (κ1) is 28.9. The second-order valence-electron chi connectivity index (χ2n) is 8.92. The van der Waals surface area contributed by atoms with E-state index in [0.717, 1.165) is 24.0 Å². The highest BCUT2D eigenvalue weighted by Crippen LogP contribution is 2.10. The minimum Gasteiger partial charge on any atom is -0.378 e. The van der Waals surface area contributed by atoms with Gasteiger partial charge in [0.1, 0.15) is 0 Å². The van der Waals surface area contributed by atoms with Crippen molar-refractivity contribution in [2.75, 3.05) is 19.7 Å². The van der Waals surface area contributed by atoms with Crippen LogP contribution in [0.25, 0.3) is 0 Å². The van der Waals surface area contributed by atoms with Gasteiger partial charge < -0.3 is 15.0 Å². The minimum atomic E-state index is -0.501. The monoisotopic (exact) mass is 493 g/mol. The summed E-state index contributed by atoms with van der Waals surface area (Å²) in [6, 6.07) is 10.7. The van der Waals surface area contributed by atoms with Crippen molar-refractivity contribution in [2.45, 2.75) is 65.5 Å². The Bertz CT molecular complexity index is 972. The molecule has 0 atom stereocenters. The van der Waals surface area contributed by atoms with E-state index in [1.165, 1.54) is 0 Å². The molecule has 0 bridgehead atoms. The van der Waals surface area contributed by atoms with Gasteiger partial charge in [0.05, 0.1) is 12.7 Å². The van der Waals surface area contributed by atoms with Gasteiger partial charge in [-0.25, -0.2) is 0 Å². The van der Waals surface area contributed by atoms with Gasteiger partial charge in [-0.15, -0.1) is 0 Å². The number of aryl methyl sites for hydroxylation is 1. The third kappa shape index (κ3) is 11.0. The van der Waals surface area contributed by atoms with Crippen LogP contribution in [0.15, 0.2) is 60.9 Å². The van der Waals surface area contributed by atoms with Crippen molar-refractivity contribution in [2.24, 2.45) is 0 Å². The highest BCUT2D eigenvalue weighted by molar-refractivity contribution is 6.42. The van der Waals surface area contributed by atoms with Gasteiger partial charge in [0.15, 0.2) is 0 Å². The number of nitrogens with zero attached hydrogens (tertiary/aromatic N) is 2. The fraction of sp³-hybridized carbons (Fsp3) is 0.448. The number of hydrogen-bond acceptors (Lipinski definition) is 5. The number of aromatic nitrogens is 1. The summed E-state index contributed by atoms with van der Waals surface area (Å²) in [5.74, 6) is -1.03. The van der Waals surface area contributed by atoms with Crippen molar-refractivity contribution < 1.29 is 19.1 Å². The first-order chi connectivity index (χ1) is 17.4. The van der Waals surface area contributed by atoms with Crippen LogP contribution in [0.1, 0.15) is 67.9 Å². The largest absolute Gasteiger partial charge is 0.378 e. The summed E-state index contributed by atoms with van der Waals surface area (Å²) in [5.41, 5.74) is 2.25. The molecule has 0 saturated heterocycles. The van der Waals surface area contributed by atoms with Crippen LogP contribution < -0.4 is 5.32 Å². The number of ketones is 1. The van der Waals surface area contributed by atoms with Crippen molar-refractivity contribution in [3.8, 4) is 0 Å². The van der Waals surface area contributed by atoms with E-state index in [-0.39, 0.29) is 12.0 Å². The quantitative estimate of drug-likeness (QED) is 0.161. The summed E-state index contributed by atoms with van der Waals surface area (Å²) in [6.45, 7) is 8.18. The average molecular weight is 494 g/mol. The van der Waals surface area contributed by atoms with E-state index in [1.807, 2.05) is 39.0 Å². The van der Waals surface area contributed by atoms with E-state index < -0.39 is 11.7 Å². The average Bonchev–Trinajstić information content (AvgIpc) is 2.89. The second kappa shape index (κ2) is 16.4. The molecule has 0 aliphatic rings. The number of carbonyl (C=O) groups is 3. The fourth-order valence-corrected chi connectivity index (χ4v) is 3.56. The molecule has 2 rings (SSSR count). The van der Waals surface area contributed by atoms with Gasteiger partial charge in [-0.3, -0.25) is 19.4 Å². The lowest BCUT2D eigenvalue weighted by atomic mass is 10.0. The van der Waals surface area contributed by atoms with E-state index >= 15 is 0 Å². The number of ether oxygens (including phenoxy) is 1. The van der Waals surface area contributed by atoms with Crippen LogP contribution in [0.4, 0.5) is 0 Å². The summed E-state index contributed by atoms with van der Waals surface area (Å²) >= 11 is 0. The highest BCUT2D eigenvalue weighted by Gasteiger charge is 2.22. The number of hydrogen-bond donors (Lipinski definition) is 1. The van der Waals surface area contributed by atoms with Gasteiger partial charge in [0, 0.05) is 44.0 Å². The van der Waals surface area contributed by atoms with Crippen molar-refractivity contribution in [3.63, 3.8) is 0 Å². The number of pyridine rings is 1. The Kier molecular flexibility index (Phi) is 13.1. The zero-order valence-corrected chi connectivity index (χ0v) is 21.7. The third-order valence-corrected chi connectivity index (χ3v) is 5.51. The smallest absolute Gasteiger partial charge is 0.294 e. The van der Waals surface area contributed by atoms with Crippen LogP contribution in [0.2, 0.25) is 0 Å². The molecule has 194 valence electrons. The predicted octanol–water partition coefficient (Wildman–Crippen LogP) is 4.51. The maximum atomic E-state index is 12.8. The van der Waals surface area contributed by atoms with Crippen molar-refractivity contribution in [1.82, 2.24) is 15.2 Å². The number of carbonyl (C=O) groups excluding carboxylic acids is 3. The maximum absolute atomic E-state index is 12.8. The molecular formula is C29H39N3O4. The number of nitrogens with one attached hydrogen (secondary N) is 1. The number of Topliss-reactive ketones (excluding diaryl/α,β-unsaturated/α-hetero) is 1. The van der Waals surface area contributed by atoms with Gasteiger partial charge in [0.25, 0.3) is 5.91 Å². The van der Waals surface area contributed by atoms with Crippen LogP contribution in [-0.4, -0.2) is 53.3 Å². The lowest BCUT2D eigenvalue weighted by Crippen LogP contribution is -2.37. The Hall–Kier alpha value is -3.32. The minimum absolute atomic E-state index is 0.0501. The van der Waals surface area contributed by atoms with E-state index in [1.54, 1.807) is 41.6 Å². The second-order valence-corrected chi connectivity index (χ2v) is 8.92. The summed E-state index contributed by atoms with van der Waals surface area (Å²) in [6.07, 6.45) is 10.9. The first-order valence-corrected chi connectivity index (χ1v) is 12.8. The van der Waals surface area contributed by atoms with E-state index in [9.17, 15) is 14.4 Å². The van der Waals surface area contributed by atoms with Crippen LogP contribution in [0, 0.1) is 0 Å². The maximum Gasteiger partial charge on any atom is 0.294 e. The van der Waals surface area contributed by atoms with Gasteiger partial charge >= 0.3 is 0 Å². The molecule has 2 amide bonds. The van der Waals surface area contributed by atoms with Gasteiger partial charge in [0.2, 0.25) is 11.7 Å². The summed E-state index contributed by atoms with van der Waals surface area (Å²) in [7, 11) is 0. The summed E-state index contributed by atoms with van der Waals surface area (Å²) in [4.78, 5) is 43.4. The Morgan fingerprint density at radius 3 is 2.44 bits per heavy atom. The lowest BCUT2D eigenvalue weighted by Gasteiger charge is -2.20. The molecule has 0 radical (unpaired) electrons. The molecule has 7 nitrogen and oxygen atoms in total. The summed E-state index contributed by atoms with van der Waals surface area (Å²) in [5, 5.41) is 2.88. The summed E-state index contributed by atoms with van der Waals surface area (Å²) < 4.78 is 5.51. The molecule has 1 heterocycles. The Morgan fingerprint density at radius 1 is 1.03 bits per heavy atom. The molecule has 1 aromatic heterocycles. The molecule has 0 fully saturated rings. The molecule has 0 aliphatic heterocycles. The van der Waals surface area contributed by atoms with Crippen molar-refractivity contribution in [3.05, 3.63) is 77.6 Å². The molecule has 0 unspecified atom stereocenters. The van der Waals surface area contributed by atoms with E-state index in [4.69, 9.17) is 4.74 Å². The van der Waals surface area contributed by atoms with Crippen molar-refractivity contribution in [1.29, 1.82) is 0 Å². The zero-order chi connectivity index (χ0) is 26.2. The molecule has 1 N–H and O–H groups in total. The first-order valence-electron chi connectivity index (χ1n) is 12.8. The van der Waals surface area contributed by atoms with Gasteiger partial charge in [-0.05, 0) is 56.7 Å². The van der Waals surface area contributed by atoms with Gasteiger partial charge in [-0.2, -0.15) is 0 Å². The van der Waals surface area contributed by atoms with E-state index in [0.29, 0.717) is 51.1 Å². The zero-order valence-electron chi connectivity index (χ0n) is 21.7. The Balaban J connectivity index is 1.80. The molecule has 7 heteroatoms. The molecule has 36 heavy (non-hydrogen) atoms. The fourth-order valence-electron chi connectivity index (χ4n) is 3.56. The van der Waals surface area contributed by atoms with E-state index in [2.05, 4.69) is 16.4 Å². The number of amides is 2. The molecule has 0 saturated carbocycles. The standard InChI is InChI=1S/C29H39N3O4/c1-4-18-32(19-7-5-6-8-20-36-23(2)3)29(35)28(34)26-14-11-24(12-15-26)13-16-27(33)31-22-25-10-9-17-30-21-25/h5-6,9-12,14-15,17,21,23H,4,7-8,13,16,18-20,22H2,1-3H3,(H,31,33). The van der Waals surface area contributed by atoms with Crippen molar-refractivity contribution >= 4 is 17.6 Å². The Morgan fingerprint density at radius 2 is 1.78 bits per heavy atom. The number of benzene rings is 1. The van der Waals surface area contributed by atoms with Crippen LogP contribution >= 0.6 is 0 Å². The predicted molar refractivity (Wildman–Crippen MR) is 142 cm³/mol. The van der Waals surface area contributed by atoms with Crippen LogP contribution in [0.5, 0.6) is 0 Å². The normalized spacial score (nSPS) is 11.1. The molecule has 0 aliphatic carbocycles. The molecular weight excluding hydrogens is 454 g/mol. The van der Waals surface area contributed by atoms with Crippen LogP contribution in [-0.2, 0) is 27.3 Å². The molecule has 2 aromatic rings. The third-order valence-electron chi connectivity index (χ3n) is 5.51. The number of rotatable bonds is 16. The SMILES string of the molecule is CCCN(CCC=CCCOC(C)C)C(=O)C(=O)c1ccc(CCC(=O)NCc2cccnc2)cc1. The topological polar surface area (TPSA) is 88.6 Å².